The first-order valence-corrected chi connectivity index (χ1v) is 9.05. The third kappa shape index (κ3) is 3.33. The van der Waals surface area contributed by atoms with Gasteiger partial charge in [0.1, 0.15) is 6.04 Å². The number of carboxylic acids is 1. The van der Waals surface area contributed by atoms with E-state index in [1.807, 2.05) is 0 Å². The smallest absolute Gasteiger partial charge is 0.320 e. The van der Waals surface area contributed by atoms with Crippen molar-refractivity contribution in [1.82, 2.24) is 4.90 Å². The van der Waals surface area contributed by atoms with Gasteiger partial charge in [-0.3, -0.25) is 9.69 Å². The molecule has 2 heterocycles. The van der Waals surface area contributed by atoms with Crippen molar-refractivity contribution in [2.45, 2.75) is 45.2 Å². The number of hydrogen-bond donors (Lipinski definition) is 1. The van der Waals surface area contributed by atoms with Crippen molar-refractivity contribution < 1.29 is 9.90 Å². The summed E-state index contributed by atoms with van der Waals surface area (Å²) in [4.78, 5) is 15.2. The molecule has 23 heavy (non-hydrogen) atoms. The van der Waals surface area contributed by atoms with E-state index in [4.69, 9.17) is 0 Å². The second-order valence-corrected chi connectivity index (χ2v) is 7.32. The summed E-state index contributed by atoms with van der Waals surface area (Å²) >= 11 is 1.73. The Kier molecular flexibility index (Phi) is 4.83. The molecular weight excluding hydrogens is 306 g/mol. The minimum atomic E-state index is -0.698. The molecule has 1 aromatic heterocycles. The molecule has 1 aliphatic rings. The zero-order valence-corrected chi connectivity index (χ0v) is 14.5. The van der Waals surface area contributed by atoms with Crippen LogP contribution < -0.4 is 0 Å². The Hall–Kier alpha value is -1.65. The fraction of sp³-hybridized carbons (Fsp3) is 0.421. The van der Waals surface area contributed by atoms with Crippen LogP contribution in [0.15, 0.2) is 35.7 Å². The molecule has 1 saturated heterocycles. The molecule has 0 spiro atoms. The van der Waals surface area contributed by atoms with Gasteiger partial charge in [-0.05, 0) is 55.8 Å². The number of carboxylic acid groups (broad SMARTS) is 1. The van der Waals surface area contributed by atoms with Gasteiger partial charge in [0.25, 0.3) is 0 Å². The zero-order valence-electron chi connectivity index (χ0n) is 13.7. The maximum absolute atomic E-state index is 11.8. The lowest BCUT2D eigenvalue weighted by Crippen LogP contribution is -2.46. The monoisotopic (exact) mass is 329 g/mol. The van der Waals surface area contributed by atoms with Gasteiger partial charge in [0.05, 0.1) is 6.04 Å². The lowest BCUT2D eigenvalue weighted by Gasteiger charge is -2.39. The highest BCUT2D eigenvalue weighted by Gasteiger charge is 2.36. The highest BCUT2D eigenvalue weighted by Crippen LogP contribution is 2.38. The second-order valence-electron chi connectivity index (χ2n) is 6.37. The number of nitrogens with zero attached hydrogens (tertiary/aromatic N) is 1. The maximum Gasteiger partial charge on any atom is 0.320 e. The van der Waals surface area contributed by atoms with E-state index < -0.39 is 12.0 Å². The Morgan fingerprint density at radius 3 is 2.78 bits per heavy atom. The summed E-state index contributed by atoms with van der Waals surface area (Å²) in [7, 11) is 0. The van der Waals surface area contributed by atoms with Crippen LogP contribution in [0.4, 0.5) is 0 Å². The van der Waals surface area contributed by atoms with Gasteiger partial charge in [-0.1, -0.05) is 36.2 Å². The topological polar surface area (TPSA) is 40.5 Å². The number of benzene rings is 1. The van der Waals surface area contributed by atoms with Crippen molar-refractivity contribution in [3.63, 3.8) is 0 Å². The van der Waals surface area contributed by atoms with Crippen LogP contribution in [0.2, 0.25) is 0 Å². The highest BCUT2D eigenvalue weighted by molar-refractivity contribution is 7.10. The van der Waals surface area contributed by atoms with Gasteiger partial charge in [0, 0.05) is 4.88 Å². The Labute approximate surface area is 141 Å². The van der Waals surface area contributed by atoms with E-state index in [0.29, 0.717) is 0 Å². The summed E-state index contributed by atoms with van der Waals surface area (Å²) in [6.07, 6.45) is 2.80. The Morgan fingerprint density at radius 2 is 2.13 bits per heavy atom. The molecule has 0 saturated carbocycles. The predicted octanol–water partition coefficient (Wildman–Crippen LogP) is 4.39. The molecule has 0 bridgehead atoms. The molecule has 1 N–H and O–H groups in total. The van der Waals surface area contributed by atoms with Crippen molar-refractivity contribution in [1.29, 1.82) is 0 Å². The molecule has 1 fully saturated rings. The van der Waals surface area contributed by atoms with Crippen LogP contribution in [0.5, 0.6) is 0 Å². The van der Waals surface area contributed by atoms with E-state index in [9.17, 15) is 9.90 Å². The van der Waals surface area contributed by atoms with E-state index in [2.05, 4.69) is 54.5 Å². The van der Waals surface area contributed by atoms with E-state index in [0.717, 1.165) is 25.8 Å². The molecule has 3 nitrogen and oxygen atoms in total. The van der Waals surface area contributed by atoms with Crippen molar-refractivity contribution in [2.75, 3.05) is 6.54 Å². The largest absolute Gasteiger partial charge is 0.480 e. The van der Waals surface area contributed by atoms with Gasteiger partial charge in [0.15, 0.2) is 0 Å². The summed E-state index contributed by atoms with van der Waals surface area (Å²) in [5.41, 5.74) is 3.66. The fourth-order valence-electron chi connectivity index (χ4n) is 3.53. The Morgan fingerprint density at radius 1 is 1.30 bits per heavy atom. The van der Waals surface area contributed by atoms with Crippen molar-refractivity contribution >= 4 is 17.3 Å². The molecule has 2 atom stereocenters. The van der Waals surface area contributed by atoms with Gasteiger partial charge in [-0.15, -0.1) is 11.3 Å². The van der Waals surface area contributed by atoms with E-state index in [-0.39, 0.29) is 6.04 Å². The molecule has 1 aromatic carbocycles. The number of carbonyl (C=O) groups is 1. The van der Waals surface area contributed by atoms with Crippen LogP contribution in [0, 0.1) is 13.8 Å². The van der Waals surface area contributed by atoms with Crippen molar-refractivity contribution in [3.8, 4) is 0 Å². The minimum absolute atomic E-state index is 0.0382. The molecule has 0 aliphatic carbocycles. The van der Waals surface area contributed by atoms with Crippen molar-refractivity contribution in [3.05, 3.63) is 57.3 Å². The second kappa shape index (κ2) is 6.85. The number of aryl methyl sites for hydroxylation is 2. The van der Waals surface area contributed by atoms with Gasteiger partial charge >= 0.3 is 5.97 Å². The van der Waals surface area contributed by atoms with Crippen LogP contribution in [0.1, 0.15) is 46.9 Å². The number of piperidine rings is 1. The van der Waals surface area contributed by atoms with Crippen LogP contribution in [-0.2, 0) is 4.79 Å². The SMILES string of the molecule is Cc1cccc(C(c2sccc2C)N2CCCCC2C(=O)O)c1. The molecule has 0 radical (unpaired) electrons. The molecule has 1 aliphatic heterocycles. The molecule has 3 rings (SSSR count). The third-order valence-electron chi connectivity index (χ3n) is 4.67. The first kappa shape index (κ1) is 16.2. The molecular formula is C19H23NO2S. The summed E-state index contributed by atoms with van der Waals surface area (Å²) in [5.74, 6) is -0.698. The molecule has 2 unspecified atom stereocenters. The Bertz CT molecular complexity index is 694. The van der Waals surface area contributed by atoms with Crippen LogP contribution in [0.25, 0.3) is 0 Å². The quantitative estimate of drug-likeness (QED) is 0.904. The van der Waals surface area contributed by atoms with E-state index in [1.54, 1.807) is 11.3 Å². The highest BCUT2D eigenvalue weighted by atomic mass is 32.1. The number of thiophene rings is 1. The molecule has 0 amide bonds. The standard InChI is InChI=1S/C19H23NO2S/c1-13-6-5-7-15(12-13)17(18-14(2)9-11-23-18)20-10-4-3-8-16(20)19(21)22/h5-7,9,11-12,16-17H,3-4,8,10H2,1-2H3,(H,21,22). The molecule has 122 valence electrons. The zero-order chi connectivity index (χ0) is 16.4. The van der Waals surface area contributed by atoms with Crippen LogP contribution >= 0.6 is 11.3 Å². The summed E-state index contributed by atoms with van der Waals surface area (Å²) in [6, 6.07) is 10.3. The number of aliphatic carboxylic acids is 1. The summed E-state index contributed by atoms with van der Waals surface area (Å²) < 4.78 is 0. The first-order chi connectivity index (χ1) is 11.1. The number of rotatable bonds is 4. The van der Waals surface area contributed by atoms with Gasteiger partial charge < -0.3 is 5.11 Å². The molecule has 2 aromatic rings. The van der Waals surface area contributed by atoms with Gasteiger partial charge in [0.2, 0.25) is 0 Å². The normalized spacial score (nSPS) is 20.3. The number of hydrogen-bond acceptors (Lipinski definition) is 3. The third-order valence-corrected chi connectivity index (χ3v) is 5.74. The fourth-order valence-corrected chi connectivity index (χ4v) is 4.60. The lowest BCUT2D eigenvalue weighted by molar-refractivity contribution is -0.145. The minimum Gasteiger partial charge on any atom is -0.480 e. The average molecular weight is 329 g/mol. The van der Waals surface area contributed by atoms with Gasteiger partial charge in [-0.25, -0.2) is 0 Å². The van der Waals surface area contributed by atoms with Crippen molar-refractivity contribution in [2.24, 2.45) is 0 Å². The van der Waals surface area contributed by atoms with Gasteiger partial charge in [-0.2, -0.15) is 0 Å². The average Bonchev–Trinajstić information content (AvgIpc) is 2.94. The summed E-state index contributed by atoms with van der Waals surface area (Å²) in [6.45, 7) is 5.05. The predicted molar refractivity (Wildman–Crippen MR) is 94.1 cm³/mol. The van der Waals surface area contributed by atoms with Crippen LogP contribution in [-0.4, -0.2) is 28.6 Å². The summed E-state index contributed by atoms with van der Waals surface area (Å²) in [5, 5.41) is 11.8. The number of likely N-dealkylation sites (tertiary alicyclic amines) is 1. The van der Waals surface area contributed by atoms with E-state index in [1.165, 1.54) is 21.6 Å². The maximum atomic E-state index is 11.8. The van der Waals surface area contributed by atoms with E-state index >= 15 is 0 Å². The first-order valence-electron chi connectivity index (χ1n) is 8.17. The lowest BCUT2D eigenvalue weighted by atomic mass is 9.93. The van der Waals surface area contributed by atoms with Crippen LogP contribution in [0.3, 0.4) is 0 Å². The molecule has 4 heteroatoms. The Balaban J connectivity index is 2.08.